The van der Waals surface area contributed by atoms with Crippen molar-refractivity contribution in [2.24, 2.45) is 9.91 Å². The van der Waals surface area contributed by atoms with Crippen LogP contribution in [-0.4, -0.2) is 11.3 Å². The van der Waals surface area contributed by atoms with E-state index in [0.29, 0.717) is 27.1 Å². The van der Waals surface area contributed by atoms with Gasteiger partial charge in [-0.1, -0.05) is 0 Å². The molecule has 6 heteroatoms. The molecule has 0 N–H and O–H groups in total. The quantitative estimate of drug-likeness (QED) is 0.455. The summed E-state index contributed by atoms with van der Waals surface area (Å²) in [5, 5.41) is 1.37. The first kappa shape index (κ1) is 19.8. The van der Waals surface area contributed by atoms with Gasteiger partial charge in [0.25, 0.3) is 0 Å². The number of carbonyl (C=O) groups is 1. The normalized spacial score (nSPS) is 31.7. The zero-order valence-corrected chi connectivity index (χ0v) is 18.1. The van der Waals surface area contributed by atoms with Gasteiger partial charge in [-0.05, 0) is 0 Å². The van der Waals surface area contributed by atoms with Gasteiger partial charge in [-0.3, -0.25) is 0 Å². The third-order valence-corrected chi connectivity index (χ3v) is 8.09. The van der Waals surface area contributed by atoms with E-state index in [1.165, 1.54) is 0 Å². The molecule has 1 fully saturated rings. The Kier molecular flexibility index (Phi) is 5.23. The van der Waals surface area contributed by atoms with Gasteiger partial charge in [0.15, 0.2) is 0 Å². The van der Waals surface area contributed by atoms with E-state index in [0.717, 1.165) is 30.4 Å². The standard InChI is InChI=1S/C19H22Cl3NO.Co/c1-9(2)12-15(20)13-11(24)8-19(23)10(3)6-5-7-18(19,4)14(13)17(22)16(12)21;/h9-10H,5-8H2,1-4H3;/t10-,18+,19+;/m0./s1. The van der Waals surface area contributed by atoms with Crippen LogP contribution in [0.25, 0.3) is 0 Å². The molecule has 1 aromatic carbocycles. The summed E-state index contributed by atoms with van der Waals surface area (Å²) in [4.78, 5) is 13.2. The molecule has 0 spiro atoms. The van der Waals surface area contributed by atoms with E-state index in [9.17, 15) is 4.79 Å². The van der Waals surface area contributed by atoms with Crippen LogP contribution in [0, 0.1) is 5.92 Å². The van der Waals surface area contributed by atoms with Crippen molar-refractivity contribution >= 4 is 40.6 Å². The van der Waals surface area contributed by atoms with Crippen LogP contribution < -0.4 is 0 Å². The Morgan fingerprint density at radius 2 is 1.84 bits per heavy atom. The van der Waals surface area contributed by atoms with Crippen LogP contribution in [0.5, 0.6) is 0 Å². The number of nitrogens with zero attached hydrogens (tertiary/aromatic N) is 1. The van der Waals surface area contributed by atoms with Crippen LogP contribution in [0.4, 0.5) is 0 Å². The van der Waals surface area contributed by atoms with E-state index in [-0.39, 0.29) is 17.6 Å². The predicted molar refractivity (Wildman–Crippen MR) is 100 cm³/mol. The van der Waals surface area contributed by atoms with Crippen molar-refractivity contribution in [1.82, 2.24) is 0 Å². The number of halogens is 3. The van der Waals surface area contributed by atoms with Crippen molar-refractivity contribution in [1.29, 1.82) is 0 Å². The summed E-state index contributed by atoms with van der Waals surface area (Å²) in [6, 6.07) is 0. The number of hydrogen-bond donors (Lipinski definition) is 0. The third kappa shape index (κ3) is 2.53. The second kappa shape index (κ2) is 6.59. The number of carbonyl (C=O) groups excluding carboxylic acids is 1. The van der Waals surface area contributed by atoms with E-state index in [1.807, 2.05) is 13.8 Å². The summed E-state index contributed by atoms with van der Waals surface area (Å²) in [5.74, 6) is 0.301. The van der Waals surface area contributed by atoms with E-state index in [2.05, 4.69) is 33.4 Å². The summed E-state index contributed by atoms with van der Waals surface area (Å²) in [5.41, 5.74) is 1.08. The molecule has 3 atom stereocenters. The van der Waals surface area contributed by atoms with Gasteiger partial charge in [0, 0.05) is 0 Å². The molecule has 0 bridgehead atoms. The van der Waals surface area contributed by atoms with Crippen molar-refractivity contribution < 1.29 is 20.3 Å². The Morgan fingerprint density at radius 1 is 1.20 bits per heavy atom. The first-order valence-corrected chi connectivity index (χ1v) is 10.3. The van der Waals surface area contributed by atoms with Crippen LogP contribution in [-0.2, 0) is 21.0 Å². The molecule has 139 valence electrons. The number of benzene rings is 1. The molecule has 0 aromatic heterocycles. The van der Waals surface area contributed by atoms with Crippen LogP contribution in [0.15, 0.2) is 4.00 Å². The van der Waals surface area contributed by atoms with E-state index in [1.54, 1.807) is 0 Å². The Bertz CT molecular complexity index is 779. The molecule has 0 unspecified atom stereocenters. The molecule has 1 saturated carbocycles. The molecule has 2 nitrogen and oxygen atoms in total. The molecule has 3 rings (SSSR count). The van der Waals surface area contributed by atoms with Crippen molar-refractivity contribution in [3.05, 3.63) is 31.8 Å². The van der Waals surface area contributed by atoms with Crippen molar-refractivity contribution in [2.75, 3.05) is 0 Å². The number of Topliss-reactive ketones (excluding diaryl/α,β-unsaturated/α-hetero) is 1. The maximum atomic E-state index is 13.2. The fourth-order valence-corrected chi connectivity index (χ4v) is 6.89. The fourth-order valence-electron chi connectivity index (χ4n) is 4.95. The van der Waals surface area contributed by atoms with Crippen molar-refractivity contribution in [2.45, 2.75) is 70.3 Å². The first-order valence-electron chi connectivity index (χ1n) is 8.67. The average molecular weight is 446 g/mol. The van der Waals surface area contributed by atoms with Crippen LogP contribution >= 0.6 is 34.8 Å². The summed E-state index contributed by atoms with van der Waals surface area (Å²) < 4.78 is 4.48. The first-order chi connectivity index (χ1) is 11.6. The molecule has 0 radical (unpaired) electrons. The molecule has 0 heterocycles. The Hall–Kier alpha value is 0.0665. The number of rotatable bonds is 2. The molecule has 2 aliphatic rings. The summed E-state index contributed by atoms with van der Waals surface area (Å²) in [6.45, 7) is 8.29. The Balaban J connectivity index is 2.43. The molecule has 2 aliphatic carbocycles. The predicted octanol–water partition coefficient (Wildman–Crippen LogP) is 6.90. The molecule has 0 aliphatic heterocycles. The Labute approximate surface area is 172 Å². The Morgan fingerprint density at radius 3 is 2.40 bits per heavy atom. The van der Waals surface area contributed by atoms with E-state index < -0.39 is 11.0 Å². The SMILES string of the molecule is CC(C)c1c(Cl)c(Cl)c2c(c1Cl)C(=O)C[C@@]1([N]=[Co])[C@@H](C)CCC[C@]21C. The zero-order valence-electron chi connectivity index (χ0n) is 14.8. The van der Waals surface area contributed by atoms with Gasteiger partial charge in [0.1, 0.15) is 0 Å². The minimum atomic E-state index is -0.578. The van der Waals surface area contributed by atoms with Crippen LogP contribution in [0.3, 0.4) is 0 Å². The monoisotopic (exact) mass is 444 g/mol. The van der Waals surface area contributed by atoms with Gasteiger partial charge in [-0.25, -0.2) is 0 Å². The minimum absolute atomic E-state index is 0.0108. The van der Waals surface area contributed by atoms with Gasteiger partial charge < -0.3 is 0 Å². The molecule has 1 aromatic rings. The molecular formula is C19H22Cl3CoNO. The van der Waals surface area contributed by atoms with E-state index in [4.69, 9.17) is 34.8 Å². The fraction of sp³-hybridized carbons (Fsp3) is 0.632. The van der Waals surface area contributed by atoms with Gasteiger partial charge in [0.05, 0.1) is 0 Å². The summed E-state index contributed by atoms with van der Waals surface area (Å²) in [7, 11) is 0. The van der Waals surface area contributed by atoms with Crippen LogP contribution in [0.2, 0.25) is 15.1 Å². The molecule has 0 saturated heterocycles. The average Bonchev–Trinajstić information content (AvgIpc) is 2.53. The van der Waals surface area contributed by atoms with Gasteiger partial charge >= 0.3 is 173 Å². The topological polar surface area (TPSA) is 29.4 Å². The summed E-state index contributed by atoms with van der Waals surface area (Å²) >= 11 is 24.5. The molecule has 25 heavy (non-hydrogen) atoms. The number of fused-ring (bicyclic) bond motifs is 3. The van der Waals surface area contributed by atoms with Crippen LogP contribution in [0.1, 0.15) is 80.8 Å². The van der Waals surface area contributed by atoms with Gasteiger partial charge in [0.2, 0.25) is 0 Å². The third-order valence-electron chi connectivity index (χ3n) is 6.41. The molecule has 0 amide bonds. The number of hydrogen-bond acceptors (Lipinski definition) is 2. The van der Waals surface area contributed by atoms with Crippen molar-refractivity contribution in [3.8, 4) is 0 Å². The number of ketones is 1. The molecular weight excluding hydrogens is 424 g/mol. The zero-order chi connectivity index (χ0) is 18.7. The second-order valence-electron chi connectivity index (χ2n) is 7.98. The van der Waals surface area contributed by atoms with E-state index >= 15 is 0 Å². The van der Waals surface area contributed by atoms with Gasteiger partial charge in [-0.15, -0.1) is 0 Å². The second-order valence-corrected chi connectivity index (χ2v) is 9.35. The van der Waals surface area contributed by atoms with Crippen molar-refractivity contribution in [3.63, 3.8) is 0 Å². The van der Waals surface area contributed by atoms with Gasteiger partial charge in [-0.2, -0.15) is 0 Å². The maximum absolute atomic E-state index is 13.2. The summed E-state index contributed by atoms with van der Waals surface area (Å²) in [6.07, 6.45) is 3.26.